The van der Waals surface area contributed by atoms with E-state index in [9.17, 15) is 18.0 Å². The van der Waals surface area contributed by atoms with E-state index in [4.69, 9.17) is 16.7 Å². The molecule has 2 aromatic rings. The lowest BCUT2D eigenvalue weighted by molar-refractivity contribution is -0.133. The maximum absolute atomic E-state index is 12.6. The van der Waals surface area contributed by atoms with Gasteiger partial charge >= 0.3 is 0 Å². The van der Waals surface area contributed by atoms with E-state index >= 15 is 0 Å². The molecule has 0 aliphatic carbocycles. The summed E-state index contributed by atoms with van der Waals surface area (Å²) in [5.41, 5.74) is 1.72. The number of piperazine rings is 1. The molecule has 1 heterocycles. The molecule has 3 N–H and O–H groups in total. The molecule has 33 heavy (non-hydrogen) atoms. The molecule has 178 valence electrons. The van der Waals surface area contributed by atoms with Crippen LogP contribution in [0.15, 0.2) is 53.4 Å². The van der Waals surface area contributed by atoms with Gasteiger partial charge in [0, 0.05) is 37.7 Å². The molecule has 8 nitrogen and oxygen atoms in total. The molecule has 0 spiro atoms. The molecule has 0 aromatic heterocycles. The summed E-state index contributed by atoms with van der Waals surface area (Å²) in [4.78, 5) is 29.1. The van der Waals surface area contributed by atoms with E-state index in [1.165, 1.54) is 12.1 Å². The average Bonchev–Trinajstić information content (AvgIpc) is 2.80. The average molecular weight is 493 g/mol. The highest BCUT2D eigenvalue weighted by atomic mass is 35.5. The minimum absolute atomic E-state index is 0.0355. The van der Waals surface area contributed by atoms with E-state index in [1.807, 2.05) is 30.0 Å². The first-order valence-corrected chi connectivity index (χ1v) is 12.7. The standard InChI is InChI=1S/C23H29ClN4O4S/c1-17(23(30)26-11-10-18-6-8-20(9-7-18)33(25,31)32)27-12-14-28(15-13-27)22(29)16-19-4-2-3-5-21(19)24/h2-9,17H,10-16H2,1H3,(H,26,30)(H2,25,31,32). The van der Waals surface area contributed by atoms with E-state index < -0.39 is 10.0 Å². The highest BCUT2D eigenvalue weighted by Gasteiger charge is 2.27. The lowest BCUT2D eigenvalue weighted by atomic mass is 10.1. The Morgan fingerprint density at radius 3 is 2.30 bits per heavy atom. The Morgan fingerprint density at radius 1 is 1.06 bits per heavy atom. The number of hydrogen-bond acceptors (Lipinski definition) is 5. The van der Waals surface area contributed by atoms with Crippen molar-refractivity contribution in [2.45, 2.75) is 30.7 Å². The monoisotopic (exact) mass is 492 g/mol. The maximum atomic E-state index is 12.6. The van der Waals surface area contributed by atoms with E-state index in [1.54, 1.807) is 18.2 Å². The van der Waals surface area contributed by atoms with Gasteiger partial charge in [-0.25, -0.2) is 13.6 Å². The number of nitrogens with two attached hydrogens (primary N) is 1. The third-order valence-corrected chi connectivity index (χ3v) is 7.16. The van der Waals surface area contributed by atoms with Crippen molar-refractivity contribution in [2.24, 2.45) is 5.14 Å². The molecular weight excluding hydrogens is 464 g/mol. The molecular formula is C23H29ClN4O4S. The maximum Gasteiger partial charge on any atom is 0.238 e. The predicted molar refractivity (Wildman–Crippen MR) is 127 cm³/mol. The number of halogens is 1. The van der Waals surface area contributed by atoms with Crippen molar-refractivity contribution in [1.29, 1.82) is 0 Å². The number of carbonyl (C=O) groups is 2. The van der Waals surface area contributed by atoms with Gasteiger partial charge in [-0.3, -0.25) is 14.5 Å². The molecule has 2 aromatic carbocycles. The fourth-order valence-corrected chi connectivity index (χ4v) is 4.48. The van der Waals surface area contributed by atoms with Crippen LogP contribution in [0.25, 0.3) is 0 Å². The summed E-state index contributed by atoms with van der Waals surface area (Å²) in [6.45, 7) is 4.68. The first-order chi connectivity index (χ1) is 15.6. The molecule has 1 aliphatic rings. The van der Waals surface area contributed by atoms with Crippen molar-refractivity contribution in [1.82, 2.24) is 15.1 Å². The highest BCUT2D eigenvalue weighted by Crippen LogP contribution is 2.17. The summed E-state index contributed by atoms with van der Waals surface area (Å²) in [5, 5.41) is 8.62. The van der Waals surface area contributed by atoms with Gasteiger partial charge in [-0.2, -0.15) is 0 Å². The number of nitrogens with zero attached hydrogens (tertiary/aromatic N) is 2. The normalized spacial score (nSPS) is 15.8. The number of carbonyl (C=O) groups excluding carboxylic acids is 2. The summed E-state index contributed by atoms with van der Waals surface area (Å²) in [5.74, 6) is -0.0414. The Hall–Kier alpha value is -2.46. The second-order valence-electron chi connectivity index (χ2n) is 8.09. The van der Waals surface area contributed by atoms with Crippen molar-refractivity contribution in [3.8, 4) is 0 Å². The Kier molecular flexibility index (Phi) is 8.47. The Labute approximate surface area is 199 Å². The first kappa shape index (κ1) is 25.2. The summed E-state index contributed by atoms with van der Waals surface area (Å²) < 4.78 is 22.6. The van der Waals surface area contributed by atoms with Crippen LogP contribution < -0.4 is 10.5 Å². The smallest absolute Gasteiger partial charge is 0.238 e. The molecule has 0 saturated carbocycles. The van der Waals surface area contributed by atoms with E-state index in [0.717, 1.165) is 11.1 Å². The summed E-state index contributed by atoms with van der Waals surface area (Å²) in [7, 11) is -3.71. The Morgan fingerprint density at radius 2 is 1.70 bits per heavy atom. The second-order valence-corrected chi connectivity index (χ2v) is 10.1. The molecule has 10 heteroatoms. The number of rotatable bonds is 8. The molecule has 0 bridgehead atoms. The third kappa shape index (κ3) is 7.01. The van der Waals surface area contributed by atoms with Gasteiger partial charge in [0.2, 0.25) is 21.8 Å². The number of sulfonamides is 1. The van der Waals surface area contributed by atoms with E-state index in [-0.39, 0.29) is 29.2 Å². The van der Waals surface area contributed by atoms with Gasteiger partial charge in [-0.15, -0.1) is 0 Å². The van der Waals surface area contributed by atoms with Gasteiger partial charge in [0.15, 0.2) is 0 Å². The zero-order valence-electron chi connectivity index (χ0n) is 18.5. The van der Waals surface area contributed by atoms with Gasteiger partial charge in [-0.05, 0) is 42.7 Å². The predicted octanol–water partition coefficient (Wildman–Crippen LogP) is 1.42. The van der Waals surface area contributed by atoms with Crippen molar-refractivity contribution >= 4 is 33.4 Å². The quantitative estimate of drug-likeness (QED) is 0.578. The number of hydrogen-bond donors (Lipinski definition) is 2. The van der Waals surface area contributed by atoms with E-state index in [0.29, 0.717) is 44.2 Å². The molecule has 1 aliphatic heterocycles. The minimum atomic E-state index is -3.71. The second kappa shape index (κ2) is 11.1. The van der Waals surface area contributed by atoms with Gasteiger partial charge in [-0.1, -0.05) is 41.9 Å². The molecule has 2 amide bonds. The number of primary sulfonamides is 1. The third-order valence-electron chi connectivity index (χ3n) is 5.86. The van der Waals surface area contributed by atoms with Crippen LogP contribution in [-0.2, 0) is 32.5 Å². The molecule has 1 fully saturated rings. The first-order valence-electron chi connectivity index (χ1n) is 10.8. The molecule has 1 unspecified atom stereocenters. The fourth-order valence-electron chi connectivity index (χ4n) is 3.76. The van der Waals surface area contributed by atoms with Crippen LogP contribution in [0.2, 0.25) is 5.02 Å². The Bertz CT molecular complexity index is 1080. The van der Waals surface area contributed by atoms with Crippen molar-refractivity contribution < 1.29 is 18.0 Å². The van der Waals surface area contributed by atoms with Crippen LogP contribution >= 0.6 is 11.6 Å². The van der Waals surface area contributed by atoms with Crippen molar-refractivity contribution in [3.63, 3.8) is 0 Å². The van der Waals surface area contributed by atoms with Gasteiger partial charge in [0.1, 0.15) is 0 Å². The number of amides is 2. The van der Waals surface area contributed by atoms with Crippen LogP contribution in [0, 0.1) is 0 Å². The molecule has 3 rings (SSSR count). The van der Waals surface area contributed by atoms with Crippen LogP contribution in [0.5, 0.6) is 0 Å². The lowest BCUT2D eigenvalue weighted by Crippen LogP contribution is -2.55. The van der Waals surface area contributed by atoms with Gasteiger partial charge in [0.25, 0.3) is 0 Å². The highest BCUT2D eigenvalue weighted by molar-refractivity contribution is 7.89. The van der Waals surface area contributed by atoms with E-state index in [2.05, 4.69) is 10.2 Å². The van der Waals surface area contributed by atoms with Crippen LogP contribution in [0.1, 0.15) is 18.1 Å². The van der Waals surface area contributed by atoms with Crippen LogP contribution in [-0.4, -0.2) is 68.8 Å². The minimum Gasteiger partial charge on any atom is -0.354 e. The number of benzene rings is 2. The Balaban J connectivity index is 1.41. The summed E-state index contributed by atoms with van der Waals surface area (Å²) in [6.07, 6.45) is 0.849. The number of nitrogens with one attached hydrogen (secondary N) is 1. The molecule has 0 radical (unpaired) electrons. The molecule has 1 saturated heterocycles. The lowest BCUT2D eigenvalue weighted by Gasteiger charge is -2.37. The fraction of sp³-hybridized carbons (Fsp3) is 0.391. The van der Waals surface area contributed by atoms with Crippen LogP contribution in [0.3, 0.4) is 0 Å². The van der Waals surface area contributed by atoms with Crippen LogP contribution in [0.4, 0.5) is 0 Å². The largest absolute Gasteiger partial charge is 0.354 e. The zero-order chi connectivity index (χ0) is 24.0. The van der Waals surface area contributed by atoms with Crippen molar-refractivity contribution in [3.05, 3.63) is 64.7 Å². The summed E-state index contributed by atoms with van der Waals surface area (Å²) in [6, 6.07) is 13.3. The SMILES string of the molecule is CC(C(=O)NCCc1ccc(S(N)(=O)=O)cc1)N1CCN(C(=O)Cc2ccccc2Cl)CC1. The molecule has 1 atom stereocenters. The van der Waals surface area contributed by atoms with Crippen molar-refractivity contribution in [2.75, 3.05) is 32.7 Å². The van der Waals surface area contributed by atoms with Gasteiger partial charge in [0.05, 0.1) is 17.4 Å². The summed E-state index contributed by atoms with van der Waals surface area (Å²) >= 11 is 6.16. The van der Waals surface area contributed by atoms with Gasteiger partial charge < -0.3 is 10.2 Å². The zero-order valence-corrected chi connectivity index (χ0v) is 20.1. The topological polar surface area (TPSA) is 113 Å².